The molecule has 0 radical (unpaired) electrons. The molecule has 1 rings (SSSR count). The number of aliphatic hydroxyl groups is 3. The first-order chi connectivity index (χ1) is 7.07. The van der Waals surface area contributed by atoms with E-state index in [1.54, 1.807) is 0 Å². The van der Waals surface area contributed by atoms with Gasteiger partial charge in [-0.2, -0.15) is 0 Å². The molecule has 0 aliphatic heterocycles. The molecule has 82 valence electrons. The van der Waals surface area contributed by atoms with E-state index in [1.807, 2.05) is 0 Å². The van der Waals surface area contributed by atoms with E-state index in [9.17, 15) is 9.90 Å². The van der Waals surface area contributed by atoms with Crippen LogP contribution in [-0.4, -0.2) is 44.1 Å². The summed E-state index contributed by atoms with van der Waals surface area (Å²) in [6.07, 6.45) is -0.472. The maximum absolute atomic E-state index is 10.8. The summed E-state index contributed by atoms with van der Waals surface area (Å²) in [7, 11) is 0. The summed E-state index contributed by atoms with van der Waals surface area (Å²) in [5.41, 5.74) is -0.170. The molecule has 0 saturated heterocycles. The molecule has 0 saturated carbocycles. The lowest BCUT2D eigenvalue weighted by Gasteiger charge is -2.16. The summed E-state index contributed by atoms with van der Waals surface area (Å²) in [6, 6.07) is 1.21. The van der Waals surface area contributed by atoms with Crippen molar-refractivity contribution in [2.45, 2.75) is 12.2 Å². The van der Waals surface area contributed by atoms with E-state index in [4.69, 9.17) is 15.3 Å². The topological polar surface area (TPSA) is 111 Å². The Morgan fingerprint density at radius 2 is 2.13 bits per heavy atom. The van der Waals surface area contributed by atoms with Crippen molar-refractivity contribution in [2.75, 3.05) is 6.61 Å². The fraction of sp³-hybridized carbons (Fsp3) is 0.333. The van der Waals surface area contributed by atoms with Gasteiger partial charge in [-0.1, -0.05) is 0 Å². The SMILES string of the molecule is O=C(O)c1ccncc1C(O)C(O)CO. The zero-order valence-corrected chi connectivity index (χ0v) is 7.74. The number of pyridine rings is 1. The molecular formula is C9H11NO5. The Hall–Kier alpha value is -1.50. The minimum Gasteiger partial charge on any atom is -0.478 e. The first-order valence-corrected chi connectivity index (χ1v) is 4.22. The molecule has 1 heterocycles. The van der Waals surface area contributed by atoms with Crippen LogP contribution in [0.15, 0.2) is 18.5 Å². The van der Waals surface area contributed by atoms with Crippen LogP contribution in [0.3, 0.4) is 0 Å². The van der Waals surface area contributed by atoms with Crippen LogP contribution in [0.5, 0.6) is 0 Å². The number of rotatable bonds is 4. The molecule has 6 nitrogen and oxygen atoms in total. The Morgan fingerprint density at radius 3 is 2.67 bits per heavy atom. The minimum absolute atomic E-state index is 0.0217. The second-order valence-corrected chi connectivity index (χ2v) is 2.96. The van der Waals surface area contributed by atoms with Crippen LogP contribution in [-0.2, 0) is 0 Å². The van der Waals surface area contributed by atoms with Crippen LogP contribution >= 0.6 is 0 Å². The van der Waals surface area contributed by atoms with E-state index in [0.717, 1.165) is 6.20 Å². The van der Waals surface area contributed by atoms with E-state index in [2.05, 4.69) is 4.98 Å². The smallest absolute Gasteiger partial charge is 0.336 e. The zero-order chi connectivity index (χ0) is 11.4. The van der Waals surface area contributed by atoms with Crippen molar-refractivity contribution in [3.05, 3.63) is 29.6 Å². The summed E-state index contributed by atoms with van der Waals surface area (Å²) >= 11 is 0. The number of aliphatic hydroxyl groups excluding tert-OH is 3. The van der Waals surface area contributed by atoms with Gasteiger partial charge in [0.1, 0.15) is 12.2 Å². The number of hydrogen-bond acceptors (Lipinski definition) is 5. The lowest BCUT2D eigenvalue weighted by atomic mass is 10.0. The molecule has 1 aromatic heterocycles. The molecule has 15 heavy (non-hydrogen) atoms. The van der Waals surface area contributed by atoms with Gasteiger partial charge in [0.2, 0.25) is 0 Å². The Morgan fingerprint density at radius 1 is 1.47 bits per heavy atom. The molecular weight excluding hydrogens is 202 g/mol. The average Bonchev–Trinajstić information content (AvgIpc) is 2.27. The molecule has 0 spiro atoms. The molecule has 6 heteroatoms. The highest BCUT2D eigenvalue weighted by atomic mass is 16.4. The number of carboxylic acid groups (broad SMARTS) is 1. The normalized spacial score (nSPS) is 14.6. The number of aromatic nitrogens is 1. The van der Waals surface area contributed by atoms with Gasteiger partial charge in [0, 0.05) is 18.0 Å². The fourth-order valence-electron chi connectivity index (χ4n) is 1.14. The van der Waals surface area contributed by atoms with Gasteiger partial charge < -0.3 is 20.4 Å². The van der Waals surface area contributed by atoms with Crippen molar-refractivity contribution in [3.63, 3.8) is 0 Å². The van der Waals surface area contributed by atoms with Gasteiger partial charge in [-0.3, -0.25) is 4.98 Å². The van der Waals surface area contributed by atoms with Crippen molar-refractivity contribution in [1.82, 2.24) is 4.98 Å². The fourth-order valence-corrected chi connectivity index (χ4v) is 1.14. The number of nitrogens with zero attached hydrogens (tertiary/aromatic N) is 1. The first-order valence-electron chi connectivity index (χ1n) is 4.22. The third-order valence-electron chi connectivity index (χ3n) is 1.95. The van der Waals surface area contributed by atoms with Gasteiger partial charge in [-0.15, -0.1) is 0 Å². The van der Waals surface area contributed by atoms with E-state index in [-0.39, 0.29) is 11.1 Å². The molecule has 2 unspecified atom stereocenters. The van der Waals surface area contributed by atoms with Gasteiger partial charge >= 0.3 is 5.97 Å². The van der Waals surface area contributed by atoms with E-state index < -0.39 is 24.8 Å². The molecule has 2 atom stereocenters. The summed E-state index contributed by atoms with van der Waals surface area (Å²) in [6.45, 7) is -0.658. The number of carbonyl (C=O) groups is 1. The standard InChI is InChI=1S/C9H11NO5/c11-4-7(12)8(13)6-3-10-2-1-5(6)9(14)15/h1-3,7-8,11-13H,4H2,(H,14,15). The molecule has 4 N–H and O–H groups in total. The molecule has 0 aromatic carbocycles. The van der Waals surface area contributed by atoms with E-state index in [0.29, 0.717) is 0 Å². The van der Waals surface area contributed by atoms with Crippen LogP contribution in [0, 0.1) is 0 Å². The summed E-state index contributed by atoms with van der Waals surface area (Å²) < 4.78 is 0. The Kier molecular flexibility index (Phi) is 3.73. The lowest BCUT2D eigenvalue weighted by Crippen LogP contribution is -2.24. The van der Waals surface area contributed by atoms with Crippen LogP contribution in [0.2, 0.25) is 0 Å². The van der Waals surface area contributed by atoms with Gasteiger partial charge in [0.25, 0.3) is 0 Å². The summed E-state index contributed by atoms with van der Waals surface area (Å²) in [5, 5.41) is 36.1. The Balaban J connectivity index is 3.07. The highest BCUT2D eigenvalue weighted by Gasteiger charge is 2.22. The molecule has 0 aliphatic rings. The largest absolute Gasteiger partial charge is 0.478 e. The highest BCUT2D eigenvalue weighted by Crippen LogP contribution is 2.19. The number of aromatic carboxylic acids is 1. The second kappa shape index (κ2) is 4.83. The third-order valence-corrected chi connectivity index (χ3v) is 1.95. The number of hydrogen-bond donors (Lipinski definition) is 4. The zero-order valence-electron chi connectivity index (χ0n) is 7.74. The van der Waals surface area contributed by atoms with Crippen molar-refractivity contribution >= 4 is 5.97 Å². The predicted octanol–water partition coefficient (Wildman–Crippen LogP) is -0.834. The molecule has 0 amide bonds. The average molecular weight is 213 g/mol. The lowest BCUT2D eigenvalue weighted by molar-refractivity contribution is -0.0159. The second-order valence-electron chi connectivity index (χ2n) is 2.96. The Labute approximate surface area is 85.4 Å². The molecule has 0 fully saturated rings. The van der Waals surface area contributed by atoms with Crippen molar-refractivity contribution in [3.8, 4) is 0 Å². The molecule has 1 aromatic rings. The van der Waals surface area contributed by atoms with Crippen LogP contribution < -0.4 is 0 Å². The van der Waals surface area contributed by atoms with Crippen LogP contribution in [0.1, 0.15) is 22.0 Å². The van der Waals surface area contributed by atoms with E-state index >= 15 is 0 Å². The molecule has 0 bridgehead atoms. The van der Waals surface area contributed by atoms with Crippen LogP contribution in [0.25, 0.3) is 0 Å². The van der Waals surface area contributed by atoms with Gasteiger partial charge in [-0.05, 0) is 6.07 Å². The van der Waals surface area contributed by atoms with Crippen molar-refractivity contribution < 1.29 is 25.2 Å². The maximum Gasteiger partial charge on any atom is 0.336 e. The number of carboxylic acids is 1. The quantitative estimate of drug-likeness (QED) is 0.519. The van der Waals surface area contributed by atoms with Gasteiger partial charge in [0.05, 0.1) is 12.2 Å². The third kappa shape index (κ3) is 2.50. The first kappa shape index (κ1) is 11.6. The maximum atomic E-state index is 10.8. The van der Waals surface area contributed by atoms with E-state index in [1.165, 1.54) is 12.3 Å². The highest BCUT2D eigenvalue weighted by molar-refractivity contribution is 5.89. The predicted molar refractivity (Wildman–Crippen MR) is 49.2 cm³/mol. The van der Waals surface area contributed by atoms with Crippen LogP contribution in [0.4, 0.5) is 0 Å². The monoisotopic (exact) mass is 213 g/mol. The van der Waals surface area contributed by atoms with Gasteiger partial charge in [0.15, 0.2) is 0 Å². The van der Waals surface area contributed by atoms with Crippen molar-refractivity contribution in [1.29, 1.82) is 0 Å². The van der Waals surface area contributed by atoms with Crippen molar-refractivity contribution in [2.24, 2.45) is 0 Å². The summed E-state index contributed by atoms with van der Waals surface area (Å²) in [4.78, 5) is 14.4. The molecule has 0 aliphatic carbocycles. The summed E-state index contributed by atoms with van der Waals surface area (Å²) in [5.74, 6) is -1.23. The van der Waals surface area contributed by atoms with Gasteiger partial charge in [-0.25, -0.2) is 4.79 Å². The Bertz CT molecular complexity index is 354. The minimum atomic E-state index is -1.46.